The SMILES string of the molecule is CC#CC(=O)N1CC(C)(C)O[C@@](C)(COc2nc(-c3cnn(C)c3)cn3nccc23)C1. The molecule has 1 fully saturated rings. The van der Waals surface area contributed by atoms with Crippen LogP contribution in [0.25, 0.3) is 16.8 Å². The van der Waals surface area contributed by atoms with Crippen molar-refractivity contribution < 1.29 is 14.3 Å². The van der Waals surface area contributed by atoms with Crippen LogP contribution in [-0.4, -0.2) is 66.1 Å². The molecule has 9 heteroatoms. The van der Waals surface area contributed by atoms with E-state index in [1.54, 1.807) is 33.4 Å². The van der Waals surface area contributed by atoms with Gasteiger partial charge in [-0.15, -0.1) is 0 Å². The first-order valence-corrected chi connectivity index (χ1v) is 10.1. The Morgan fingerprint density at radius 1 is 1.26 bits per heavy atom. The largest absolute Gasteiger partial charge is 0.473 e. The Balaban J connectivity index is 1.61. The molecule has 1 amide bonds. The Morgan fingerprint density at radius 3 is 2.77 bits per heavy atom. The van der Waals surface area contributed by atoms with Gasteiger partial charge in [-0.05, 0) is 39.7 Å². The minimum absolute atomic E-state index is 0.208. The Hall–Kier alpha value is -3.38. The summed E-state index contributed by atoms with van der Waals surface area (Å²) in [6, 6.07) is 1.84. The van der Waals surface area contributed by atoms with E-state index in [0.717, 1.165) is 11.1 Å². The minimum Gasteiger partial charge on any atom is -0.473 e. The van der Waals surface area contributed by atoms with E-state index in [0.29, 0.717) is 24.7 Å². The lowest BCUT2D eigenvalue weighted by Gasteiger charge is -2.47. The summed E-state index contributed by atoms with van der Waals surface area (Å²) in [7, 11) is 1.85. The van der Waals surface area contributed by atoms with E-state index in [9.17, 15) is 4.79 Å². The monoisotopic (exact) mass is 422 g/mol. The molecule has 0 radical (unpaired) electrons. The van der Waals surface area contributed by atoms with Gasteiger partial charge in [-0.3, -0.25) is 9.48 Å². The van der Waals surface area contributed by atoms with Crippen molar-refractivity contribution in [2.75, 3.05) is 19.7 Å². The van der Waals surface area contributed by atoms with E-state index in [1.807, 2.05) is 46.3 Å². The molecule has 0 N–H and O–H groups in total. The zero-order valence-corrected chi connectivity index (χ0v) is 18.4. The molecule has 1 saturated heterocycles. The average molecular weight is 422 g/mol. The molecular weight excluding hydrogens is 396 g/mol. The van der Waals surface area contributed by atoms with Gasteiger partial charge in [-0.25, -0.2) is 9.50 Å². The van der Waals surface area contributed by atoms with Crippen LogP contribution in [-0.2, 0) is 16.6 Å². The van der Waals surface area contributed by atoms with Gasteiger partial charge in [-0.2, -0.15) is 10.2 Å². The van der Waals surface area contributed by atoms with Gasteiger partial charge in [0.2, 0.25) is 5.88 Å². The van der Waals surface area contributed by atoms with Crippen LogP contribution in [0.3, 0.4) is 0 Å². The zero-order chi connectivity index (χ0) is 22.2. The van der Waals surface area contributed by atoms with Gasteiger partial charge in [0, 0.05) is 18.8 Å². The van der Waals surface area contributed by atoms with E-state index in [1.165, 1.54) is 0 Å². The number of fused-ring (bicyclic) bond motifs is 1. The number of rotatable bonds is 4. The van der Waals surface area contributed by atoms with Crippen molar-refractivity contribution in [1.82, 2.24) is 29.3 Å². The summed E-state index contributed by atoms with van der Waals surface area (Å²) < 4.78 is 15.9. The van der Waals surface area contributed by atoms with Crippen molar-refractivity contribution in [3.05, 3.63) is 30.9 Å². The smallest absolute Gasteiger partial charge is 0.298 e. The van der Waals surface area contributed by atoms with Crippen molar-refractivity contribution in [1.29, 1.82) is 0 Å². The molecule has 4 rings (SSSR count). The van der Waals surface area contributed by atoms with Gasteiger partial charge in [0.15, 0.2) is 0 Å². The second kappa shape index (κ2) is 7.71. The third-order valence-corrected chi connectivity index (χ3v) is 5.01. The van der Waals surface area contributed by atoms with Gasteiger partial charge in [0.05, 0.1) is 43.0 Å². The van der Waals surface area contributed by atoms with Crippen LogP contribution in [0.2, 0.25) is 0 Å². The molecule has 1 aliphatic heterocycles. The molecule has 4 heterocycles. The van der Waals surface area contributed by atoms with Crippen LogP contribution < -0.4 is 4.74 Å². The molecule has 9 nitrogen and oxygen atoms in total. The highest BCUT2D eigenvalue weighted by Gasteiger charge is 2.43. The normalized spacial score (nSPS) is 20.4. The van der Waals surface area contributed by atoms with Crippen molar-refractivity contribution in [3.63, 3.8) is 0 Å². The lowest BCUT2D eigenvalue weighted by molar-refractivity contribution is -0.200. The van der Waals surface area contributed by atoms with Gasteiger partial charge < -0.3 is 14.4 Å². The number of carbonyl (C=O) groups is 1. The quantitative estimate of drug-likeness (QED) is 0.597. The molecule has 0 bridgehead atoms. The van der Waals surface area contributed by atoms with E-state index in [2.05, 4.69) is 22.0 Å². The molecule has 0 unspecified atom stereocenters. The van der Waals surface area contributed by atoms with Gasteiger partial charge >= 0.3 is 0 Å². The van der Waals surface area contributed by atoms with Crippen LogP contribution >= 0.6 is 0 Å². The van der Waals surface area contributed by atoms with Crippen molar-refractivity contribution in [2.24, 2.45) is 7.05 Å². The second-order valence-electron chi connectivity index (χ2n) is 8.63. The second-order valence-corrected chi connectivity index (χ2v) is 8.63. The third kappa shape index (κ3) is 4.39. The fraction of sp³-hybridized carbons (Fsp3) is 0.455. The summed E-state index contributed by atoms with van der Waals surface area (Å²) in [6.45, 7) is 8.57. The fourth-order valence-corrected chi connectivity index (χ4v) is 3.97. The average Bonchev–Trinajstić information content (AvgIpc) is 3.33. The maximum atomic E-state index is 12.4. The first kappa shape index (κ1) is 20.9. The van der Waals surface area contributed by atoms with Gasteiger partial charge in [0.1, 0.15) is 17.7 Å². The summed E-state index contributed by atoms with van der Waals surface area (Å²) >= 11 is 0. The molecule has 0 spiro atoms. The molecule has 162 valence electrons. The molecule has 31 heavy (non-hydrogen) atoms. The highest BCUT2D eigenvalue weighted by atomic mass is 16.6. The maximum absolute atomic E-state index is 12.4. The van der Waals surface area contributed by atoms with Crippen LogP contribution in [0.5, 0.6) is 5.88 Å². The van der Waals surface area contributed by atoms with Crippen LogP contribution in [0.15, 0.2) is 30.9 Å². The number of ether oxygens (including phenoxy) is 2. The number of morpholine rings is 1. The van der Waals surface area contributed by atoms with Crippen LogP contribution in [0.4, 0.5) is 0 Å². The van der Waals surface area contributed by atoms with Crippen LogP contribution in [0.1, 0.15) is 27.7 Å². The zero-order valence-electron chi connectivity index (χ0n) is 18.4. The first-order chi connectivity index (χ1) is 14.7. The number of aryl methyl sites for hydroxylation is 1. The van der Waals surface area contributed by atoms with Gasteiger partial charge in [0.25, 0.3) is 5.91 Å². The van der Waals surface area contributed by atoms with E-state index in [-0.39, 0.29) is 12.5 Å². The van der Waals surface area contributed by atoms with Crippen molar-refractivity contribution in [2.45, 2.75) is 38.9 Å². The Morgan fingerprint density at radius 2 is 2.06 bits per heavy atom. The van der Waals surface area contributed by atoms with Gasteiger partial charge in [-0.1, -0.05) is 5.92 Å². The van der Waals surface area contributed by atoms with Crippen LogP contribution in [0, 0.1) is 11.8 Å². The third-order valence-electron chi connectivity index (χ3n) is 5.01. The number of hydrogen-bond acceptors (Lipinski definition) is 6. The van der Waals surface area contributed by atoms with Crippen molar-refractivity contribution in [3.8, 4) is 29.0 Å². The first-order valence-electron chi connectivity index (χ1n) is 10.1. The maximum Gasteiger partial charge on any atom is 0.298 e. The highest BCUT2D eigenvalue weighted by molar-refractivity contribution is 5.93. The number of nitrogens with zero attached hydrogens (tertiary/aromatic N) is 6. The number of hydrogen-bond donors (Lipinski definition) is 0. The highest BCUT2D eigenvalue weighted by Crippen LogP contribution is 2.30. The number of carbonyl (C=O) groups excluding carboxylic acids is 1. The predicted molar refractivity (Wildman–Crippen MR) is 114 cm³/mol. The molecule has 1 atom stereocenters. The Kier molecular flexibility index (Phi) is 5.19. The fourth-order valence-electron chi connectivity index (χ4n) is 3.97. The summed E-state index contributed by atoms with van der Waals surface area (Å²) in [5.41, 5.74) is 1.05. The molecule has 0 saturated carbocycles. The summed E-state index contributed by atoms with van der Waals surface area (Å²) in [6.07, 6.45) is 7.16. The number of amides is 1. The lowest BCUT2D eigenvalue weighted by Crippen LogP contribution is -2.61. The Bertz CT molecular complexity index is 1180. The lowest BCUT2D eigenvalue weighted by atomic mass is 9.98. The Labute approximate surface area is 181 Å². The molecule has 1 aliphatic rings. The van der Waals surface area contributed by atoms with E-state index < -0.39 is 11.2 Å². The summed E-state index contributed by atoms with van der Waals surface area (Å²) in [4.78, 5) is 18.8. The van der Waals surface area contributed by atoms with Crippen molar-refractivity contribution >= 4 is 11.4 Å². The number of aromatic nitrogens is 5. The minimum atomic E-state index is -0.726. The topological polar surface area (TPSA) is 86.8 Å². The molecule has 3 aromatic heterocycles. The summed E-state index contributed by atoms with van der Waals surface area (Å²) in [5.74, 6) is 5.53. The predicted octanol–water partition coefficient (Wildman–Crippen LogP) is 1.93. The molecule has 0 aromatic carbocycles. The molecule has 3 aromatic rings. The summed E-state index contributed by atoms with van der Waals surface area (Å²) in [5, 5.41) is 8.55. The van der Waals surface area contributed by atoms with E-state index in [4.69, 9.17) is 14.5 Å². The standard InChI is InChI=1S/C22H26N6O3/c1-6-7-19(29)27-13-21(2,3)31-22(4,14-27)15-30-20-18-8-9-23-28(18)12-17(25-20)16-10-24-26(5)11-16/h8-12H,13-15H2,1-5H3/t22-/m1/s1. The molecule has 0 aliphatic carbocycles. The molecular formula is C22H26N6O3. The van der Waals surface area contributed by atoms with E-state index >= 15 is 0 Å².